The number of pyridine rings is 2. The number of benzene rings is 1. The Bertz CT molecular complexity index is 1250. The Kier molecular flexibility index (Phi) is 4.65. The van der Waals surface area contributed by atoms with E-state index in [4.69, 9.17) is 0 Å². The Morgan fingerprint density at radius 2 is 1.80 bits per heavy atom. The number of hydrogen-bond donors (Lipinski definition) is 2. The van der Waals surface area contributed by atoms with Crippen molar-refractivity contribution in [2.75, 3.05) is 5.32 Å². The van der Waals surface area contributed by atoms with Gasteiger partial charge in [-0.25, -0.2) is 14.8 Å². The van der Waals surface area contributed by atoms with Gasteiger partial charge in [-0.1, -0.05) is 6.07 Å². The van der Waals surface area contributed by atoms with Gasteiger partial charge in [0, 0.05) is 11.9 Å². The molecule has 0 unspecified atom stereocenters. The molecule has 2 N–H and O–H groups in total. The summed E-state index contributed by atoms with van der Waals surface area (Å²) in [5, 5.41) is 12.4. The van der Waals surface area contributed by atoms with Gasteiger partial charge in [-0.05, 0) is 55.5 Å². The molecule has 0 aliphatic heterocycles. The van der Waals surface area contributed by atoms with E-state index in [9.17, 15) is 23.1 Å². The molecule has 4 rings (SSSR count). The molecule has 30 heavy (non-hydrogen) atoms. The molecule has 0 bridgehead atoms. The minimum atomic E-state index is -4.44. The summed E-state index contributed by atoms with van der Waals surface area (Å²) in [6.07, 6.45) is -2.64. The first-order valence-electron chi connectivity index (χ1n) is 8.86. The van der Waals surface area contributed by atoms with Gasteiger partial charge in [0.2, 0.25) is 0 Å². The first-order chi connectivity index (χ1) is 14.2. The van der Waals surface area contributed by atoms with Crippen molar-refractivity contribution in [1.82, 2.24) is 14.4 Å². The van der Waals surface area contributed by atoms with Crippen LogP contribution in [0, 0.1) is 6.92 Å². The Morgan fingerprint density at radius 1 is 1.07 bits per heavy atom. The van der Waals surface area contributed by atoms with E-state index < -0.39 is 17.7 Å². The van der Waals surface area contributed by atoms with E-state index in [0.29, 0.717) is 28.4 Å². The first kappa shape index (κ1) is 19.4. The van der Waals surface area contributed by atoms with Crippen LogP contribution < -0.4 is 5.32 Å². The number of halogens is 3. The summed E-state index contributed by atoms with van der Waals surface area (Å²) >= 11 is 0. The summed E-state index contributed by atoms with van der Waals surface area (Å²) in [6.45, 7) is 1.79. The number of fused-ring (bicyclic) bond motifs is 1. The standard InChI is InChI=1S/C21H15F3N4O2/c1-12-19(28-9-3-2-4-18(28)25-12)16-10-13(20(29)30)11-17(27-16)26-15-7-5-14(6-8-15)21(22,23)24/h2-11H,1H3,(H,26,27)(H,29,30). The number of rotatable bonds is 4. The fourth-order valence-electron chi connectivity index (χ4n) is 3.15. The predicted molar refractivity (Wildman–Crippen MR) is 105 cm³/mol. The third kappa shape index (κ3) is 3.69. The van der Waals surface area contributed by atoms with Gasteiger partial charge in [0.05, 0.1) is 28.2 Å². The van der Waals surface area contributed by atoms with Crippen LogP contribution >= 0.6 is 0 Å². The van der Waals surface area contributed by atoms with E-state index in [-0.39, 0.29) is 11.4 Å². The molecule has 0 spiro atoms. The highest BCUT2D eigenvalue weighted by atomic mass is 19.4. The molecule has 3 heterocycles. The van der Waals surface area contributed by atoms with Gasteiger partial charge in [0.15, 0.2) is 0 Å². The minimum absolute atomic E-state index is 0.0142. The lowest BCUT2D eigenvalue weighted by Gasteiger charge is -2.11. The Hall–Kier alpha value is -3.88. The number of aromatic carboxylic acids is 1. The summed E-state index contributed by atoms with van der Waals surface area (Å²) in [6, 6.07) is 12.6. The summed E-state index contributed by atoms with van der Waals surface area (Å²) < 4.78 is 40.1. The number of aromatic nitrogens is 3. The molecule has 9 heteroatoms. The Morgan fingerprint density at radius 3 is 2.47 bits per heavy atom. The van der Waals surface area contributed by atoms with Gasteiger partial charge < -0.3 is 10.4 Å². The average molecular weight is 412 g/mol. The molecule has 0 fully saturated rings. The second kappa shape index (κ2) is 7.18. The lowest BCUT2D eigenvalue weighted by atomic mass is 10.1. The predicted octanol–water partition coefficient (Wildman–Crippen LogP) is 5.17. The van der Waals surface area contributed by atoms with Crippen molar-refractivity contribution < 1.29 is 23.1 Å². The largest absolute Gasteiger partial charge is 0.478 e. The zero-order chi connectivity index (χ0) is 21.5. The van der Waals surface area contributed by atoms with E-state index in [1.165, 1.54) is 24.3 Å². The van der Waals surface area contributed by atoms with Crippen LogP contribution in [0.2, 0.25) is 0 Å². The van der Waals surface area contributed by atoms with Crippen LogP contribution in [0.4, 0.5) is 24.7 Å². The van der Waals surface area contributed by atoms with Crippen molar-refractivity contribution in [3.05, 3.63) is 77.6 Å². The highest BCUT2D eigenvalue weighted by Gasteiger charge is 2.30. The molecule has 1 aromatic carbocycles. The van der Waals surface area contributed by atoms with Gasteiger partial charge >= 0.3 is 12.1 Å². The Balaban J connectivity index is 1.77. The zero-order valence-corrected chi connectivity index (χ0v) is 15.6. The van der Waals surface area contributed by atoms with Crippen LogP contribution in [0.15, 0.2) is 60.8 Å². The number of carboxylic acid groups (broad SMARTS) is 1. The van der Waals surface area contributed by atoms with Crippen molar-refractivity contribution in [1.29, 1.82) is 0 Å². The number of hydrogen-bond acceptors (Lipinski definition) is 4. The van der Waals surface area contributed by atoms with Crippen molar-refractivity contribution in [3.63, 3.8) is 0 Å². The van der Waals surface area contributed by atoms with Crippen LogP contribution in [0.1, 0.15) is 21.6 Å². The number of nitrogens with one attached hydrogen (secondary N) is 1. The molecule has 0 radical (unpaired) electrons. The molecule has 0 aliphatic rings. The van der Waals surface area contributed by atoms with Crippen molar-refractivity contribution >= 4 is 23.1 Å². The maximum absolute atomic E-state index is 12.8. The molecule has 6 nitrogen and oxygen atoms in total. The second-order valence-corrected chi connectivity index (χ2v) is 6.61. The molecular formula is C21H15F3N4O2. The van der Waals surface area contributed by atoms with E-state index in [0.717, 1.165) is 12.1 Å². The highest BCUT2D eigenvalue weighted by Crippen LogP contribution is 2.31. The smallest absolute Gasteiger partial charge is 0.416 e. The lowest BCUT2D eigenvalue weighted by Crippen LogP contribution is -2.05. The van der Waals surface area contributed by atoms with E-state index >= 15 is 0 Å². The van der Waals surface area contributed by atoms with Crippen molar-refractivity contribution in [2.45, 2.75) is 13.1 Å². The zero-order valence-electron chi connectivity index (χ0n) is 15.6. The first-order valence-corrected chi connectivity index (χ1v) is 8.86. The number of alkyl halides is 3. The van der Waals surface area contributed by atoms with Gasteiger partial charge in [-0.15, -0.1) is 0 Å². The fourth-order valence-corrected chi connectivity index (χ4v) is 3.15. The van der Waals surface area contributed by atoms with Crippen LogP contribution in [-0.4, -0.2) is 25.4 Å². The number of nitrogens with zero attached hydrogens (tertiary/aromatic N) is 3. The number of anilines is 2. The third-order valence-corrected chi connectivity index (χ3v) is 4.50. The maximum Gasteiger partial charge on any atom is 0.416 e. The van der Waals surface area contributed by atoms with E-state index in [2.05, 4.69) is 15.3 Å². The number of carbonyl (C=O) groups is 1. The van der Waals surface area contributed by atoms with Crippen LogP contribution in [0.3, 0.4) is 0 Å². The lowest BCUT2D eigenvalue weighted by molar-refractivity contribution is -0.137. The maximum atomic E-state index is 12.8. The van der Waals surface area contributed by atoms with Crippen LogP contribution in [-0.2, 0) is 6.18 Å². The quantitative estimate of drug-likeness (QED) is 0.484. The highest BCUT2D eigenvalue weighted by molar-refractivity contribution is 5.90. The summed E-state index contributed by atoms with van der Waals surface area (Å²) in [5.41, 5.74) is 1.91. The molecule has 0 atom stereocenters. The van der Waals surface area contributed by atoms with E-state index in [1.807, 2.05) is 18.2 Å². The number of imidazole rings is 1. The number of aryl methyl sites for hydroxylation is 1. The Labute approximate surface area is 168 Å². The molecule has 0 amide bonds. The van der Waals surface area contributed by atoms with Gasteiger partial charge in [0.1, 0.15) is 11.5 Å². The van der Waals surface area contributed by atoms with Crippen LogP contribution in [0.5, 0.6) is 0 Å². The van der Waals surface area contributed by atoms with Gasteiger partial charge in [-0.3, -0.25) is 4.40 Å². The molecule has 0 saturated heterocycles. The van der Waals surface area contributed by atoms with Crippen molar-refractivity contribution in [2.24, 2.45) is 0 Å². The molecule has 0 saturated carbocycles. The summed E-state index contributed by atoms with van der Waals surface area (Å²) in [7, 11) is 0. The fraction of sp³-hybridized carbons (Fsp3) is 0.0952. The minimum Gasteiger partial charge on any atom is -0.478 e. The van der Waals surface area contributed by atoms with Crippen molar-refractivity contribution in [3.8, 4) is 11.4 Å². The monoisotopic (exact) mass is 412 g/mol. The molecular weight excluding hydrogens is 397 g/mol. The van der Waals surface area contributed by atoms with E-state index in [1.54, 1.807) is 17.5 Å². The number of carboxylic acids is 1. The summed E-state index contributed by atoms with van der Waals surface area (Å²) in [5.74, 6) is -0.962. The molecule has 152 valence electrons. The molecule has 0 aliphatic carbocycles. The topological polar surface area (TPSA) is 79.5 Å². The normalized spacial score (nSPS) is 11.6. The molecule has 3 aromatic heterocycles. The third-order valence-electron chi connectivity index (χ3n) is 4.50. The SMILES string of the molecule is Cc1nc2ccccn2c1-c1cc(C(=O)O)cc(Nc2ccc(C(F)(F)F)cc2)n1. The van der Waals surface area contributed by atoms with Crippen LogP contribution in [0.25, 0.3) is 17.0 Å². The average Bonchev–Trinajstić information content (AvgIpc) is 3.03. The van der Waals surface area contributed by atoms with Gasteiger partial charge in [0.25, 0.3) is 0 Å². The molecule has 4 aromatic rings. The van der Waals surface area contributed by atoms with Gasteiger partial charge in [-0.2, -0.15) is 13.2 Å². The summed E-state index contributed by atoms with van der Waals surface area (Å²) in [4.78, 5) is 20.6. The second-order valence-electron chi connectivity index (χ2n) is 6.61.